The molecule has 3 aromatic carbocycles. The molecule has 1 unspecified atom stereocenters. The first-order valence-electron chi connectivity index (χ1n) is 18.6. The van der Waals surface area contributed by atoms with Crippen molar-refractivity contribution in [1.29, 1.82) is 0 Å². The first kappa shape index (κ1) is 36.9. The van der Waals surface area contributed by atoms with Crippen LogP contribution in [0.25, 0.3) is 0 Å². The Labute approximate surface area is 326 Å². The number of carbonyl (C=O) groups is 3. The number of thioether (sulfide) groups is 1. The van der Waals surface area contributed by atoms with Gasteiger partial charge in [-0.25, -0.2) is 4.79 Å². The smallest absolute Gasteiger partial charge is 0.331 e. The number of methoxy groups -OCH3 is 2. The molecule has 7 aliphatic rings. The van der Waals surface area contributed by atoms with E-state index in [-0.39, 0.29) is 30.7 Å². The number of rotatable bonds is 4. The average molecular weight is 790 g/mol. The van der Waals surface area contributed by atoms with E-state index < -0.39 is 59.1 Å². The average Bonchev–Trinajstić information content (AvgIpc) is 3.66. The van der Waals surface area contributed by atoms with E-state index in [1.807, 2.05) is 24.8 Å². The predicted octanol–water partition coefficient (Wildman–Crippen LogP) is 3.29. The fraction of sp³-hybridized carbons (Fsp3) is 0.475. The van der Waals surface area contributed by atoms with Crippen LogP contribution in [-0.4, -0.2) is 91.2 Å². The maximum atomic E-state index is 14.7. The Morgan fingerprint density at radius 2 is 1.70 bits per heavy atom. The second-order valence-electron chi connectivity index (χ2n) is 15.1. The molecule has 15 nitrogen and oxygen atoms in total. The quantitative estimate of drug-likeness (QED) is 0.223. The van der Waals surface area contributed by atoms with Crippen LogP contribution in [0.2, 0.25) is 0 Å². The van der Waals surface area contributed by atoms with Gasteiger partial charge in [-0.3, -0.25) is 19.8 Å². The number of phenolic OH excluding ortho intramolecular Hbond substituents is 1. The maximum absolute atomic E-state index is 14.7. The second-order valence-corrected chi connectivity index (χ2v) is 16.2. The molecule has 296 valence electrons. The van der Waals surface area contributed by atoms with Crippen LogP contribution in [0.4, 0.5) is 0 Å². The molecular weight excluding hydrogens is 747 g/mol. The molecule has 0 aromatic heterocycles. The summed E-state index contributed by atoms with van der Waals surface area (Å²) in [5, 5.41) is 29.8. The van der Waals surface area contributed by atoms with Gasteiger partial charge in [0.2, 0.25) is 6.79 Å². The van der Waals surface area contributed by atoms with E-state index in [4.69, 9.17) is 33.2 Å². The number of ether oxygens (including phenoxy) is 7. The fourth-order valence-corrected chi connectivity index (χ4v) is 11.5. The molecule has 0 amide bonds. The maximum Gasteiger partial charge on any atom is 0.331 e. The van der Waals surface area contributed by atoms with Crippen molar-refractivity contribution in [2.75, 3.05) is 39.9 Å². The number of aliphatic hydroxyl groups excluding tert-OH is 1. The highest BCUT2D eigenvalue weighted by molar-refractivity contribution is 7.99. The minimum atomic E-state index is -1.38. The molecule has 7 aliphatic heterocycles. The Balaban J connectivity index is 1.31. The molecule has 0 aliphatic carbocycles. The van der Waals surface area contributed by atoms with Crippen LogP contribution in [0.5, 0.6) is 40.2 Å². The van der Waals surface area contributed by atoms with E-state index in [9.17, 15) is 24.6 Å². The van der Waals surface area contributed by atoms with Crippen LogP contribution < -0.4 is 39.1 Å². The summed E-state index contributed by atoms with van der Waals surface area (Å²) in [5.41, 5.74) is 4.21. The first-order chi connectivity index (χ1) is 26.9. The number of phenols is 1. The number of carbonyl (C=O) groups excluding carboxylic acids is 3. The van der Waals surface area contributed by atoms with Crippen LogP contribution in [0, 0.1) is 13.8 Å². The lowest BCUT2D eigenvalue weighted by Gasteiger charge is -2.59. The Bertz CT molecular complexity index is 2210. The van der Waals surface area contributed by atoms with Crippen molar-refractivity contribution < 1.29 is 57.8 Å². The van der Waals surface area contributed by atoms with Crippen molar-refractivity contribution in [2.24, 2.45) is 0 Å². The lowest BCUT2D eigenvalue weighted by Crippen LogP contribution is -2.70. The highest BCUT2D eigenvalue weighted by Gasteiger charge is 2.60. The zero-order valence-electron chi connectivity index (χ0n) is 31.8. The number of aromatic hydroxyl groups is 1. The summed E-state index contributed by atoms with van der Waals surface area (Å²) in [6.07, 6.45) is -0.141. The number of benzene rings is 3. The molecule has 4 bridgehead atoms. The molecule has 0 radical (unpaired) electrons. The van der Waals surface area contributed by atoms with Crippen molar-refractivity contribution >= 4 is 29.7 Å². The van der Waals surface area contributed by atoms with E-state index in [1.165, 1.54) is 39.8 Å². The minimum Gasteiger partial charge on any atom is -0.504 e. The monoisotopic (exact) mass is 789 g/mol. The van der Waals surface area contributed by atoms with Crippen LogP contribution in [0.15, 0.2) is 18.2 Å². The standard InChI is InChI=1S/C40H43N3O12S/c1-16-9-21-10-23-38(47)43-24-13-51-39(48)40(22-12-26(49-5)25(46)11-20(22)7-8-41-40)14-56-37(31(43)30(42-23)27(21)36(32(16)50-6)55-19(4)45)29-28(24)35-34(52-15-53-35)17(2)33(29)54-18(3)44/h9,11-12,23-24,30-31,37-38,41-42,46-47H,7-8,10,13-15H2,1-6H3/t23-,24-,30+,31?,37+,38-,40+/m0/s1. The van der Waals surface area contributed by atoms with Crippen molar-refractivity contribution in [3.63, 3.8) is 0 Å². The number of aryl methyl sites for hydroxylation is 1. The first-order valence-corrected chi connectivity index (χ1v) is 19.6. The lowest BCUT2D eigenvalue weighted by molar-refractivity contribution is -0.164. The molecule has 2 saturated heterocycles. The highest BCUT2D eigenvalue weighted by Crippen LogP contribution is 2.63. The predicted molar refractivity (Wildman–Crippen MR) is 200 cm³/mol. The van der Waals surface area contributed by atoms with Crippen molar-refractivity contribution in [3.8, 4) is 40.2 Å². The number of nitrogens with one attached hydrogen (secondary N) is 2. The van der Waals surface area contributed by atoms with Crippen LogP contribution in [-0.2, 0) is 37.5 Å². The summed E-state index contributed by atoms with van der Waals surface area (Å²) >= 11 is 1.44. The zero-order valence-corrected chi connectivity index (χ0v) is 32.6. The van der Waals surface area contributed by atoms with Crippen LogP contribution in [0.3, 0.4) is 0 Å². The van der Waals surface area contributed by atoms with E-state index in [0.717, 1.165) is 16.7 Å². The van der Waals surface area contributed by atoms with Gasteiger partial charge in [0.15, 0.2) is 40.0 Å². The van der Waals surface area contributed by atoms with Gasteiger partial charge in [-0.05, 0) is 61.1 Å². The molecule has 0 saturated carbocycles. The van der Waals surface area contributed by atoms with Crippen molar-refractivity contribution in [1.82, 2.24) is 15.5 Å². The summed E-state index contributed by atoms with van der Waals surface area (Å²) < 4.78 is 42.0. The van der Waals surface area contributed by atoms with Gasteiger partial charge in [0.05, 0.1) is 37.6 Å². The lowest BCUT2D eigenvalue weighted by atomic mass is 9.74. The number of esters is 3. The molecular formula is C40H43N3O12S. The van der Waals surface area contributed by atoms with Gasteiger partial charge in [-0.2, -0.15) is 0 Å². The van der Waals surface area contributed by atoms with Crippen molar-refractivity contribution in [3.05, 3.63) is 62.7 Å². The van der Waals surface area contributed by atoms with Gasteiger partial charge < -0.3 is 48.7 Å². The Morgan fingerprint density at radius 1 is 0.946 bits per heavy atom. The molecule has 7 heterocycles. The third kappa shape index (κ3) is 5.29. The fourth-order valence-electron chi connectivity index (χ4n) is 9.82. The Morgan fingerprint density at radius 3 is 2.43 bits per heavy atom. The van der Waals surface area contributed by atoms with Crippen molar-refractivity contribution in [2.45, 2.75) is 81.7 Å². The molecule has 1 spiro atoms. The Hall–Kier alpha value is -4.74. The van der Waals surface area contributed by atoms with E-state index in [1.54, 1.807) is 12.1 Å². The normalized spacial score (nSPS) is 28.3. The highest BCUT2D eigenvalue weighted by atomic mass is 32.2. The van der Waals surface area contributed by atoms with Gasteiger partial charge in [-0.15, -0.1) is 11.8 Å². The third-order valence-corrected chi connectivity index (χ3v) is 13.5. The van der Waals surface area contributed by atoms with Crippen LogP contribution >= 0.6 is 11.8 Å². The number of piperazine rings is 1. The van der Waals surface area contributed by atoms with Gasteiger partial charge in [0, 0.05) is 54.4 Å². The third-order valence-electron chi connectivity index (χ3n) is 12.0. The van der Waals surface area contributed by atoms with E-state index >= 15 is 0 Å². The van der Waals surface area contributed by atoms with E-state index in [2.05, 4.69) is 10.6 Å². The van der Waals surface area contributed by atoms with Crippen LogP contribution in [0.1, 0.15) is 75.7 Å². The number of fused-ring (bicyclic) bond motifs is 9. The molecule has 10 rings (SSSR count). The summed E-state index contributed by atoms with van der Waals surface area (Å²) in [6.45, 7) is 6.51. The van der Waals surface area contributed by atoms with Gasteiger partial charge in [0.25, 0.3) is 0 Å². The summed E-state index contributed by atoms with van der Waals surface area (Å²) in [6, 6.07) is 2.84. The number of nitrogens with zero attached hydrogens (tertiary/aromatic N) is 1. The second kappa shape index (κ2) is 13.4. The van der Waals surface area contributed by atoms with Gasteiger partial charge >= 0.3 is 17.9 Å². The topological polar surface area (TPSA) is 184 Å². The molecule has 3 aromatic rings. The summed E-state index contributed by atoms with van der Waals surface area (Å²) in [7, 11) is 2.99. The molecule has 56 heavy (non-hydrogen) atoms. The number of hydrogen-bond donors (Lipinski definition) is 4. The minimum absolute atomic E-state index is 0.0348. The number of aliphatic hydroxyl groups is 1. The Kier molecular flexibility index (Phi) is 8.85. The SMILES string of the molecule is COc1cc2c(cc1O)CCN[C@]21CS[C@@H]2c3c(OC(C)=O)c(C)c4c(c3[C@H](COC1=O)N1C2[C@@H]2N[C@@H](Cc3cc(C)c(OC)c(OC(C)=O)c32)[C@@H]1O)OCO4. The summed E-state index contributed by atoms with van der Waals surface area (Å²) in [4.78, 5) is 42.3. The number of hydrogen-bond acceptors (Lipinski definition) is 16. The molecule has 7 atom stereocenters. The van der Waals surface area contributed by atoms with Gasteiger partial charge in [0.1, 0.15) is 18.6 Å². The largest absolute Gasteiger partial charge is 0.504 e. The van der Waals surface area contributed by atoms with Gasteiger partial charge in [-0.1, -0.05) is 6.07 Å². The molecule has 16 heteroatoms. The summed E-state index contributed by atoms with van der Waals surface area (Å²) in [5.74, 6) is 0.572. The molecule has 4 N–H and O–H groups in total. The zero-order chi connectivity index (χ0) is 39.4. The van der Waals surface area contributed by atoms with E-state index in [0.29, 0.717) is 76.0 Å². The molecule has 2 fully saturated rings.